The van der Waals surface area contributed by atoms with Gasteiger partial charge >= 0.3 is 0 Å². The molecule has 0 saturated carbocycles. The summed E-state index contributed by atoms with van der Waals surface area (Å²) in [5.41, 5.74) is 2.76. The minimum atomic E-state index is -0.138. The Hall–Kier alpha value is -2.56. The van der Waals surface area contributed by atoms with Crippen LogP contribution in [0.25, 0.3) is 11.0 Å². The highest BCUT2D eigenvalue weighted by Gasteiger charge is 2.23. The van der Waals surface area contributed by atoms with Crippen molar-refractivity contribution >= 4 is 16.8 Å². The van der Waals surface area contributed by atoms with Crippen molar-refractivity contribution in [1.82, 2.24) is 10.1 Å². The molecule has 23 heavy (non-hydrogen) atoms. The Morgan fingerprint density at radius 1 is 1.22 bits per heavy atom. The van der Waals surface area contributed by atoms with Crippen LogP contribution in [0.1, 0.15) is 25.1 Å². The van der Waals surface area contributed by atoms with Crippen molar-refractivity contribution in [2.24, 2.45) is 0 Å². The molecule has 3 aromatic rings. The van der Waals surface area contributed by atoms with Gasteiger partial charge in [-0.1, -0.05) is 31.1 Å². The molecule has 0 spiro atoms. The maximum absolute atomic E-state index is 5.40. The van der Waals surface area contributed by atoms with E-state index in [1.807, 2.05) is 31.3 Å². The van der Waals surface area contributed by atoms with Gasteiger partial charge in [0.25, 0.3) is 0 Å². The second-order valence-corrected chi connectivity index (χ2v) is 6.32. The number of fused-ring (bicyclic) bond motifs is 1. The standard InChI is InChI=1S/C18H21N3O2/c1-12-8-9-15(19-10-12)18(2,3)11-20-17-16-13(22-4)6-5-7-14(16)23-21-17/h5-10H,11H2,1-4H3,(H,20,21). The third kappa shape index (κ3) is 2.99. The van der Waals surface area contributed by atoms with Crippen LogP contribution >= 0.6 is 0 Å². The zero-order valence-electron chi connectivity index (χ0n) is 13.9. The van der Waals surface area contributed by atoms with E-state index in [0.29, 0.717) is 17.9 Å². The number of methoxy groups -OCH3 is 1. The van der Waals surface area contributed by atoms with Gasteiger partial charge in [-0.2, -0.15) is 0 Å². The quantitative estimate of drug-likeness (QED) is 0.773. The Bertz CT molecular complexity index is 807. The number of aryl methyl sites for hydroxylation is 1. The fourth-order valence-corrected chi connectivity index (χ4v) is 2.52. The minimum absolute atomic E-state index is 0.138. The zero-order valence-corrected chi connectivity index (χ0v) is 13.9. The van der Waals surface area contributed by atoms with E-state index in [-0.39, 0.29) is 5.41 Å². The van der Waals surface area contributed by atoms with Gasteiger partial charge in [0, 0.05) is 23.9 Å². The van der Waals surface area contributed by atoms with Crippen molar-refractivity contribution in [3.05, 3.63) is 47.8 Å². The first-order valence-electron chi connectivity index (χ1n) is 7.60. The smallest absolute Gasteiger partial charge is 0.181 e. The molecular formula is C18H21N3O2. The Labute approximate surface area is 135 Å². The van der Waals surface area contributed by atoms with Gasteiger partial charge in [0.1, 0.15) is 11.1 Å². The summed E-state index contributed by atoms with van der Waals surface area (Å²) in [4.78, 5) is 4.54. The normalized spacial score (nSPS) is 11.7. The molecule has 0 unspecified atom stereocenters. The molecule has 0 bridgehead atoms. The maximum Gasteiger partial charge on any atom is 0.181 e. The SMILES string of the molecule is COc1cccc2onc(NCC(C)(C)c3ccc(C)cn3)c12. The summed E-state index contributed by atoms with van der Waals surface area (Å²) < 4.78 is 10.8. The van der Waals surface area contributed by atoms with Crippen molar-refractivity contribution in [3.63, 3.8) is 0 Å². The Morgan fingerprint density at radius 3 is 2.74 bits per heavy atom. The molecule has 0 atom stereocenters. The number of pyridine rings is 1. The van der Waals surface area contributed by atoms with E-state index in [2.05, 4.69) is 41.4 Å². The lowest BCUT2D eigenvalue weighted by Crippen LogP contribution is -2.28. The van der Waals surface area contributed by atoms with Crippen molar-refractivity contribution < 1.29 is 9.26 Å². The fourth-order valence-electron chi connectivity index (χ4n) is 2.52. The van der Waals surface area contributed by atoms with Gasteiger partial charge in [-0.25, -0.2) is 0 Å². The lowest BCUT2D eigenvalue weighted by atomic mass is 9.88. The molecule has 0 fully saturated rings. The van der Waals surface area contributed by atoms with Crippen LogP contribution in [-0.4, -0.2) is 23.8 Å². The van der Waals surface area contributed by atoms with Crippen molar-refractivity contribution in [1.29, 1.82) is 0 Å². The van der Waals surface area contributed by atoms with Gasteiger partial charge in [-0.15, -0.1) is 0 Å². The molecule has 0 aliphatic carbocycles. The van der Waals surface area contributed by atoms with E-state index in [9.17, 15) is 0 Å². The van der Waals surface area contributed by atoms with Crippen molar-refractivity contribution in [2.45, 2.75) is 26.2 Å². The van der Waals surface area contributed by atoms with E-state index >= 15 is 0 Å². The zero-order chi connectivity index (χ0) is 16.4. The number of hydrogen-bond acceptors (Lipinski definition) is 5. The van der Waals surface area contributed by atoms with E-state index < -0.39 is 0 Å². The summed E-state index contributed by atoms with van der Waals surface area (Å²) in [5.74, 6) is 1.44. The molecule has 2 aromatic heterocycles. The van der Waals surface area contributed by atoms with Gasteiger partial charge in [0.2, 0.25) is 0 Å². The highest BCUT2D eigenvalue weighted by Crippen LogP contribution is 2.32. The number of anilines is 1. The molecule has 0 aliphatic heterocycles. The van der Waals surface area contributed by atoms with Crippen LogP contribution in [0.3, 0.4) is 0 Å². The van der Waals surface area contributed by atoms with Crippen LogP contribution in [0.2, 0.25) is 0 Å². The van der Waals surface area contributed by atoms with Gasteiger partial charge in [-0.05, 0) is 30.7 Å². The van der Waals surface area contributed by atoms with Crippen molar-refractivity contribution in [2.75, 3.05) is 19.0 Å². The molecule has 3 rings (SSSR count). The van der Waals surface area contributed by atoms with E-state index in [1.165, 1.54) is 0 Å². The number of ether oxygens (including phenoxy) is 1. The first-order valence-corrected chi connectivity index (χ1v) is 7.60. The minimum Gasteiger partial charge on any atom is -0.496 e. The predicted molar refractivity (Wildman–Crippen MR) is 91.1 cm³/mol. The van der Waals surface area contributed by atoms with E-state index in [4.69, 9.17) is 9.26 Å². The summed E-state index contributed by atoms with van der Waals surface area (Å²) >= 11 is 0. The Balaban J connectivity index is 1.84. The van der Waals surface area contributed by atoms with Crippen LogP contribution in [0, 0.1) is 6.92 Å². The number of hydrogen-bond donors (Lipinski definition) is 1. The molecule has 0 amide bonds. The first kappa shape index (κ1) is 15.3. The van der Waals surface area contributed by atoms with Crippen LogP contribution in [-0.2, 0) is 5.41 Å². The third-order valence-corrected chi connectivity index (χ3v) is 3.98. The molecule has 5 heteroatoms. The number of nitrogens with one attached hydrogen (secondary N) is 1. The monoisotopic (exact) mass is 311 g/mol. The molecule has 1 N–H and O–H groups in total. The summed E-state index contributed by atoms with van der Waals surface area (Å²) in [6.45, 7) is 7.02. The Kier molecular flexibility index (Phi) is 3.94. The molecule has 0 radical (unpaired) electrons. The van der Waals surface area contributed by atoms with Crippen LogP contribution in [0.15, 0.2) is 41.1 Å². The van der Waals surface area contributed by atoms with E-state index in [0.717, 1.165) is 22.4 Å². The average Bonchev–Trinajstić information content (AvgIpc) is 2.97. The van der Waals surface area contributed by atoms with Gasteiger partial charge < -0.3 is 14.6 Å². The summed E-state index contributed by atoms with van der Waals surface area (Å²) in [6.07, 6.45) is 1.89. The average molecular weight is 311 g/mol. The molecule has 0 aliphatic rings. The highest BCUT2D eigenvalue weighted by atomic mass is 16.5. The number of nitrogens with zero attached hydrogens (tertiary/aromatic N) is 2. The molecular weight excluding hydrogens is 290 g/mol. The lowest BCUT2D eigenvalue weighted by molar-refractivity contribution is 0.419. The Morgan fingerprint density at radius 2 is 2.04 bits per heavy atom. The van der Waals surface area contributed by atoms with Crippen LogP contribution in [0.5, 0.6) is 5.75 Å². The number of benzene rings is 1. The third-order valence-electron chi connectivity index (χ3n) is 3.98. The van der Waals surface area contributed by atoms with Crippen molar-refractivity contribution in [3.8, 4) is 5.75 Å². The fraction of sp³-hybridized carbons (Fsp3) is 0.333. The van der Waals surface area contributed by atoms with Crippen LogP contribution < -0.4 is 10.1 Å². The first-order chi connectivity index (χ1) is 11.0. The number of aromatic nitrogens is 2. The largest absolute Gasteiger partial charge is 0.496 e. The molecule has 5 nitrogen and oxygen atoms in total. The highest BCUT2D eigenvalue weighted by molar-refractivity contribution is 5.93. The summed E-state index contributed by atoms with van der Waals surface area (Å²) in [6, 6.07) is 9.81. The molecule has 1 aromatic carbocycles. The second kappa shape index (κ2) is 5.91. The second-order valence-electron chi connectivity index (χ2n) is 6.32. The van der Waals surface area contributed by atoms with Gasteiger partial charge in [0.15, 0.2) is 11.4 Å². The molecule has 2 heterocycles. The molecule has 120 valence electrons. The maximum atomic E-state index is 5.40. The van der Waals surface area contributed by atoms with Gasteiger partial charge in [0.05, 0.1) is 7.11 Å². The van der Waals surface area contributed by atoms with E-state index in [1.54, 1.807) is 7.11 Å². The number of rotatable bonds is 5. The van der Waals surface area contributed by atoms with Gasteiger partial charge in [-0.3, -0.25) is 4.98 Å². The summed E-state index contributed by atoms with van der Waals surface area (Å²) in [7, 11) is 1.64. The molecule has 0 saturated heterocycles. The topological polar surface area (TPSA) is 60.2 Å². The summed E-state index contributed by atoms with van der Waals surface area (Å²) in [5, 5.41) is 8.36. The predicted octanol–water partition coefficient (Wildman–Crippen LogP) is 3.93. The lowest BCUT2D eigenvalue weighted by Gasteiger charge is -2.24. The van der Waals surface area contributed by atoms with Crippen LogP contribution in [0.4, 0.5) is 5.82 Å².